The molecule has 3 heteroatoms. The Balaban J connectivity index is 2.00. The summed E-state index contributed by atoms with van der Waals surface area (Å²) < 4.78 is 0. The van der Waals surface area contributed by atoms with Crippen LogP contribution in [-0.4, -0.2) is 29.1 Å². The van der Waals surface area contributed by atoms with Crippen LogP contribution in [0.25, 0.3) is 0 Å². The third kappa shape index (κ3) is 3.01. The van der Waals surface area contributed by atoms with Crippen LogP contribution in [0.2, 0.25) is 0 Å². The van der Waals surface area contributed by atoms with Crippen LogP contribution >= 0.6 is 0 Å². The van der Waals surface area contributed by atoms with Crippen molar-refractivity contribution in [2.45, 2.75) is 71.6 Å². The number of carbonyl (C=O) groups is 1. The van der Waals surface area contributed by atoms with Crippen LogP contribution in [0.3, 0.4) is 0 Å². The van der Waals surface area contributed by atoms with Gasteiger partial charge in [-0.1, -0.05) is 26.7 Å². The van der Waals surface area contributed by atoms with Crippen LogP contribution in [0.15, 0.2) is 0 Å². The Bertz CT molecular complexity index is 286. The average Bonchev–Trinajstić information content (AvgIpc) is 2.95. The molecule has 0 bridgehead atoms. The largest absolute Gasteiger partial charge is 0.323 e. The molecular weight excluding hydrogens is 212 g/mol. The molecule has 98 valence electrons. The van der Waals surface area contributed by atoms with Crippen LogP contribution in [-0.2, 0) is 4.79 Å². The van der Waals surface area contributed by atoms with Crippen molar-refractivity contribution >= 4 is 5.91 Å². The maximum atomic E-state index is 12.2. The van der Waals surface area contributed by atoms with E-state index in [-0.39, 0.29) is 12.2 Å². The summed E-state index contributed by atoms with van der Waals surface area (Å²) in [4.78, 5) is 14.3. The Morgan fingerprint density at radius 1 is 1.29 bits per heavy atom. The zero-order chi connectivity index (χ0) is 12.6. The van der Waals surface area contributed by atoms with Gasteiger partial charge in [0.15, 0.2) is 0 Å². The first-order valence-electron chi connectivity index (χ1n) is 7.07. The molecule has 0 aromatic rings. The molecule has 2 fully saturated rings. The van der Waals surface area contributed by atoms with E-state index in [4.69, 9.17) is 0 Å². The lowest BCUT2D eigenvalue weighted by Gasteiger charge is -2.31. The molecule has 0 radical (unpaired) electrons. The number of nitrogens with one attached hydrogen (secondary N) is 1. The smallest absolute Gasteiger partial charge is 0.240 e. The van der Waals surface area contributed by atoms with Gasteiger partial charge in [-0.3, -0.25) is 10.1 Å². The highest BCUT2D eigenvalue weighted by atomic mass is 16.2. The number of nitrogens with zero attached hydrogens (tertiary/aromatic N) is 1. The molecule has 0 aromatic heterocycles. The van der Waals surface area contributed by atoms with Gasteiger partial charge in [-0.2, -0.15) is 0 Å². The predicted molar refractivity (Wildman–Crippen MR) is 69.5 cm³/mol. The fourth-order valence-electron chi connectivity index (χ4n) is 2.92. The van der Waals surface area contributed by atoms with Gasteiger partial charge in [0.2, 0.25) is 5.91 Å². The number of carbonyl (C=O) groups excluding carboxylic acids is 1. The normalized spacial score (nSPS) is 31.4. The predicted octanol–water partition coefficient (Wildman–Crippen LogP) is 2.37. The minimum atomic E-state index is 0.000373. The molecule has 2 rings (SSSR count). The lowest BCUT2D eigenvalue weighted by molar-refractivity contribution is -0.132. The van der Waals surface area contributed by atoms with Gasteiger partial charge in [-0.05, 0) is 38.5 Å². The quantitative estimate of drug-likeness (QED) is 0.797. The van der Waals surface area contributed by atoms with Crippen molar-refractivity contribution in [3.05, 3.63) is 0 Å². The van der Waals surface area contributed by atoms with E-state index in [2.05, 4.69) is 31.0 Å². The van der Waals surface area contributed by atoms with Crippen LogP contribution in [0.4, 0.5) is 0 Å². The van der Waals surface area contributed by atoms with E-state index >= 15 is 0 Å². The van der Waals surface area contributed by atoms with Crippen molar-refractivity contribution in [3.63, 3.8) is 0 Å². The summed E-state index contributed by atoms with van der Waals surface area (Å²) in [7, 11) is 0. The fraction of sp³-hybridized carbons (Fsp3) is 0.929. The van der Waals surface area contributed by atoms with E-state index < -0.39 is 0 Å². The second kappa shape index (κ2) is 4.97. The number of amides is 1. The second-order valence-corrected chi connectivity index (χ2v) is 6.31. The highest BCUT2D eigenvalue weighted by Gasteiger charge is 2.40. The molecular formula is C14H26N2O. The minimum absolute atomic E-state index is 0.000373. The molecule has 17 heavy (non-hydrogen) atoms. The third-order valence-electron chi connectivity index (χ3n) is 3.94. The van der Waals surface area contributed by atoms with Crippen molar-refractivity contribution in [1.29, 1.82) is 0 Å². The standard InChI is InChI=1S/C14H26N2O/c1-9(2)7-13-15-11(4)14(17)16(13)10(3)8-12-5-6-12/h9-13,15H,5-8H2,1-4H3. The zero-order valence-electron chi connectivity index (χ0n) is 11.6. The van der Waals surface area contributed by atoms with E-state index in [0.29, 0.717) is 17.9 Å². The van der Waals surface area contributed by atoms with Crippen LogP contribution < -0.4 is 5.32 Å². The Hall–Kier alpha value is -0.570. The van der Waals surface area contributed by atoms with E-state index in [1.165, 1.54) is 19.3 Å². The number of rotatable bonds is 5. The van der Waals surface area contributed by atoms with Crippen molar-refractivity contribution in [2.75, 3.05) is 0 Å². The molecule has 1 aliphatic heterocycles. The first-order chi connectivity index (χ1) is 7.99. The summed E-state index contributed by atoms with van der Waals surface area (Å²) in [6.07, 6.45) is 5.24. The summed E-state index contributed by atoms with van der Waals surface area (Å²) in [5.41, 5.74) is 0. The molecule has 3 atom stereocenters. The van der Waals surface area contributed by atoms with Crippen molar-refractivity contribution in [1.82, 2.24) is 10.2 Å². The van der Waals surface area contributed by atoms with Gasteiger partial charge in [0.05, 0.1) is 12.2 Å². The van der Waals surface area contributed by atoms with Crippen LogP contribution in [0, 0.1) is 11.8 Å². The summed E-state index contributed by atoms with van der Waals surface area (Å²) in [6.45, 7) is 8.64. The van der Waals surface area contributed by atoms with E-state index in [1.807, 2.05) is 6.92 Å². The van der Waals surface area contributed by atoms with E-state index in [0.717, 1.165) is 12.3 Å². The van der Waals surface area contributed by atoms with Crippen molar-refractivity contribution in [2.24, 2.45) is 11.8 Å². The third-order valence-corrected chi connectivity index (χ3v) is 3.94. The number of hydrogen-bond acceptors (Lipinski definition) is 2. The SMILES string of the molecule is CC(C)CC1NC(C)C(=O)N1C(C)CC1CC1. The van der Waals surface area contributed by atoms with E-state index in [1.54, 1.807) is 0 Å². The molecule has 1 amide bonds. The van der Waals surface area contributed by atoms with Gasteiger partial charge >= 0.3 is 0 Å². The Morgan fingerprint density at radius 2 is 1.94 bits per heavy atom. The lowest BCUT2D eigenvalue weighted by Crippen LogP contribution is -2.44. The first-order valence-corrected chi connectivity index (χ1v) is 7.07. The van der Waals surface area contributed by atoms with Crippen LogP contribution in [0.1, 0.15) is 53.4 Å². The van der Waals surface area contributed by atoms with Crippen LogP contribution in [0.5, 0.6) is 0 Å². The molecule has 1 heterocycles. The molecule has 0 spiro atoms. The Morgan fingerprint density at radius 3 is 2.47 bits per heavy atom. The lowest BCUT2D eigenvalue weighted by atomic mass is 10.1. The first kappa shape index (κ1) is 12.9. The zero-order valence-corrected chi connectivity index (χ0v) is 11.6. The molecule has 1 saturated heterocycles. The summed E-state index contributed by atoms with van der Waals surface area (Å²) in [5, 5.41) is 3.44. The topological polar surface area (TPSA) is 32.3 Å². The van der Waals surface area contributed by atoms with Crippen molar-refractivity contribution in [3.8, 4) is 0 Å². The van der Waals surface area contributed by atoms with Gasteiger partial charge in [-0.15, -0.1) is 0 Å². The fourth-order valence-corrected chi connectivity index (χ4v) is 2.92. The van der Waals surface area contributed by atoms with Gasteiger partial charge in [0, 0.05) is 6.04 Å². The number of hydrogen-bond donors (Lipinski definition) is 1. The molecule has 1 aliphatic carbocycles. The van der Waals surface area contributed by atoms with E-state index in [9.17, 15) is 4.79 Å². The maximum Gasteiger partial charge on any atom is 0.240 e. The molecule has 3 unspecified atom stereocenters. The van der Waals surface area contributed by atoms with Gasteiger partial charge in [0.25, 0.3) is 0 Å². The van der Waals surface area contributed by atoms with Gasteiger partial charge in [0.1, 0.15) is 0 Å². The van der Waals surface area contributed by atoms with Gasteiger partial charge in [-0.25, -0.2) is 0 Å². The summed E-state index contributed by atoms with van der Waals surface area (Å²) in [5.74, 6) is 1.80. The van der Waals surface area contributed by atoms with Crippen molar-refractivity contribution < 1.29 is 4.79 Å². The summed E-state index contributed by atoms with van der Waals surface area (Å²) >= 11 is 0. The summed E-state index contributed by atoms with van der Waals surface area (Å²) in [6, 6.07) is 0.400. The molecule has 3 nitrogen and oxygen atoms in total. The monoisotopic (exact) mass is 238 g/mol. The van der Waals surface area contributed by atoms with Gasteiger partial charge < -0.3 is 4.90 Å². The second-order valence-electron chi connectivity index (χ2n) is 6.31. The minimum Gasteiger partial charge on any atom is -0.323 e. The molecule has 1 N–H and O–H groups in total. The Kier molecular flexibility index (Phi) is 3.76. The maximum absolute atomic E-state index is 12.2. The molecule has 1 saturated carbocycles. The highest BCUT2D eigenvalue weighted by Crippen LogP contribution is 2.35. The molecule has 2 aliphatic rings. The Labute approximate surface area is 105 Å². The molecule has 0 aromatic carbocycles. The average molecular weight is 238 g/mol. The highest BCUT2D eigenvalue weighted by molar-refractivity contribution is 5.84.